The lowest BCUT2D eigenvalue weighted by Gasteiger charge is -2.35. The summed E-state index contributed by atoms with van der Waals surface area (Å²) in [4.78, 5) is 4.16. The lowest BCUT2D eigenvalue weighted by atomic mass is 9.75. The van der Waals surface area contributed by atoms with Gasteiger partial charge in [0.25, 0.3) is 0 Å². The number of pyridine rings is 1. The van der Waals surface area contributed by atoms with Crippen molar-refractivity contribution in [3.05, 3.63) is 59.9 Å². The standard InChI is InChI=1S/C18H23NO2/c1-4-17(14-8-10-16(21-3)11-9-14)18(20,5-2)15-7-6-12-19-13-15/h6-13,17,20H,4-5H2,1-3H3/t17-,18-/m1/s1. The van der Waals surface area contributed by atoms with Crippen molar-refractivity contribution in [1.29, 1.82) is 0 Å². The number of hydrogen-bond acceptors (Lipinski definition) is 3. The van der Waals surface area contributed by atoms with Crippen LogP contribution in [0, 0.1) is 0 Å². The second kappa shape index (κ2) is 6.72. The molecule has 1 heterocycles. The van der Waals surface area contributed by atoms with Crippen molar-refractivity contribution in [3.63, 3.8) is 0 Å². The summed E-state index contributed by atoms with van der Waals surface area (Å²) in [6.45, 7) is 4.12. The monoisotopic (exact) mass is 285 g/mol. The summed E-state index contributed by atoms with van der Waals surface area (Å²) in [7, 11) is 1.66. The van der Waals surface area contributed by atoms with Crippen LogP contribution in [0.2, 0.25) is 0 Å². The summed E-state index contributed by atoms with van der Waals surface area (Å²) in [6, 6.07) is 11.8. The number of aliphatic hydroxyl groups is 1. The van der Waals surface area contributed by atoms with Crippen LogP contribution in [0.15, 0.2) is 48.8 Å². The average molecular weight is 285 g/mol. The highest BCUT2D eigenvalue weighted by molar-refractivity contribution is 5.33. The molecule has 1 aromatic heterocycles. The van der Waals surface area contributed by atoms with E-state index < -0.39 is 5.60 Å². The van der Waals surface area contributed by atoms with E-state index >= 15 is 0 Å². The van der Waals surface area contributed by atoms with Crippen molar-refractivity contribution in [2.24, 2.45) is 0 Å². The first-order valence-corrected chi connectivity index (χ1v) is 7.42. The molecule has 0 unspecified atom stereocenters. The number of rotatable bonds is 6. The van der Waals surface area contributed by atoms with Crippen molar-refractivity contribution < 1.29 is 9.84 Å². The topological polar surface area (TPSA) is 42.4 Å². The zero-order valence-corrected chi connectivity index (χ0v) is 12.9. The summed E-state index contributed by atoms with van der Waals surface area (Å²) in [5, 5.41) is 11.3. The van der Waals surface area contributed by atoms with E-state index in [1.54, 1.807) is 19.5 Å². The third-order valence-electron chi connectivity index (χ3n) is 4.20. The Morgan fingerprint density at radius 2 is 1.90 bits per heavy atom. The highest BCUT2D eigenvalue weighted by Crippen LogP contribution is 2.41. The molecule has 3 heteroatoms. The Morgan fingerprint density at radius 1 is 1.19 bits per heavy atom. The van der Waals surface area contributed by atoms with Crippen LogP contribution in [-0.4, -0.2) is 17.2 Å². The summed E-state index contributed by atoms with van der Waals surface area (Å²) in [5.41, 5.74) is 1.08. The predicted octanol–water partition coefficient (Wildman–Crippen LogP) is 3.88. The molecule has 112 valence electrons. The van der Waals surface area contributed by atoms with E-state index in [9.17, 15) is 5.11 Å². The Kier molecular flexibility index (Phi) is 4.97. The number of hydrogen-bond donors (Lipinski definition) is 1. The van der Waals surface area contributed by atoms with Gasteiger partial charge in [-0.25, -0.2) is 0 Å². The minimum atomic E-state index is -0.905. The summed E-state index contributed by atoms with van der Waals surface area (Å²) in [5.74, 6) is 0.854. The Morgan fingerprint density at radius 3 is 2.38 bits per heavy atom. The smallest absolute Gasteiger partial charge is 0.118 e. The van der Waals surface area contributed by atoms with Crippen LogP contribution in [-0.2, 0) is 5.60 Å². The van der Waals surface area contributed by atoms with E-state index in [1.807, 2.05) is 43.3 Å². The normalized spacial score (nSPS) is 15.2. The second-order valence-electron chi connectivity index (χ2n) is 5.25. The molecule has 0 radical (unpaired) electrons. The quantitative estimate of drug-likeness (QED) is 0.875. The van der Waals surface area contributed by atoms with Gasteiger partial charge in [-0.05, 0) is 36.6 Å². The molecular formula is C18H23NO2. The van der Waals surface area contributed by atoms with Gasteiger partial charge in [-0.2, -0.15) is 0 Å². The molecule has 0 bridgehead atoms. The van der Waals surface area contributed by atoms with E-state index in [1.165, 1.54) is 0 Å². The molecule has 2 rings (SSSR count). The average Bonchev–Trinajstić information content (AvgIpc) is 2.56. The second-order valence-corrected chi connectivity index (χ2v) is 5.25. The van der Waals surface area contributed by atoms with Crippen molar-refractivity contribution in [1.82, 2.24) is 4.98 Å². The Labute approximate surface area is 126 Å². The molecule has 0 aliphatic heterocycles. The van der Waals surface area contributed by atoms with E-state index in [4.69, 9.17) is 4.74 Å². The zero-order chi connectivity index (χ0) is 15.3. The van der Waals surface area contributed by atoms with Gasteiger partial charge in [0.05, 0.1) is 12.7 Å². The molecule has 0 spiro atoms. The van der Waals surface area contributed by atoms with Crippen LogP contribution < -0.4 is 4.74 Å². The predicted molar refractivity (Wildman–Crippen MR) is 84.5 cm³/mol. The van der Waals surface area contributed by atoms with Gasteiger partial charge in [0, 0.05) is 23.9 Å². The number of ether oxygens (including phenoxy) is 1. The largest absolute Gasteiger partial charge is 0.497 e. The van der Waals surface area contributed by atoms with E-state index in [-0.39, 0.29) is 5.92 Å². The lowest BCUT2D eigenvalue weighted by molar-refractivity contribution is 0.00115. The summed E-state index contributed by atoms with van der Waals surface area (Å²) < 4.78 is 5.21. The fourth-order valence-corrected chi connectivity index (χ4v) is 2.96. The van der Waals surface area contributed by atoms with Gasteiger partial charge in [-0.3, -0.25) is 4.98 Å². The molecule has 3 nitrogen and oxygen atoms in total. The van der Waals surface area contributed by atoms with Crippen LogP contribution in [0.5, 0.6) is 5.75 Å². The van der Waals surface area contributed by atoms with Crippen LogP contribution >= 0.6 is 0 Å². The van der Waals surface area contributed by atoms with Crippen LogP contribution in [0.4, 0.5) is 0 Å². The van der Waals surface area contributed by atoms with Gasteiger partial charge < -0.3 is 9.84 Å². The van der Waals surface area contributed by atoms with Crippen LogP contribution in [0.25, 0.3) is 0 Å². The molecule has 2 atom stereocenters. The van der Waals surface area contributed by atoms with Gasteiger partial charge in [0.15, 0.2) is 0 Å². The molecule has 0 amide bonds. The van der Waals surface area contributed by atoms with Crippen molar-refractivity contribution in [3.8, 4) is 5.75 Å². The first kappa shape index (κ1) is 15.5. The number of nitrogens with zero attached hydrogens (tertiary/aromatic N) is 1. The maximum Gasteiger partial charge on any atom is 0.118 e. The minimum absolute atomic E-state index is 0.0256. The molecule has 2 aromatic rings. The van der Waals surface area contributed by atoms with Crippen LogP contribution in [0.1, 0.15) is 43.7 Å². The SMILES string of the molecule is CC[C@H](c1ccc(OC)cc1)[C@@](O)(CC)c1cccnc1. The Hall–Kier alpha value is -1.87. The molecule has 1 N–H and O–H groups in total. The van der Waals surface area contributed by atoms with Crippen LogP contribution in [0.3, 0.4) is 0 Å². The van der Waals surface area contributed by atoms with E-state index in [0.29, 0.717) is 6.42 Å². The fraction of sp³-hybridized carbons (Fsp3) is 0.389. The Bertz CT molecular complexity index is 553. The highest BCUT2D eigenvalue weighted by Gasteiger charge is 2.36. The van der Waals surface area contributed by atoms with Crippen molar-refractivity contribution in [2.75, 3.05) is 7.11 Å². The molecule has 21 heavy (non-hydrogen) atoms. The fourth-order valence-electron chi connectivity index (χ4n) is 2.96. The van der Waals surface area contributed by atoms with Crippen molar-refractivity contribution in [2.45, 2.75) is 38.2 Å². The molecule has 0 aliphatic rings. The Balaban J connectivity index is 2.41. The lowest BCUT2D eigenvalue weighted by Crippen LogP contribution is -2.32. The molecule has 0 saturated heterocycles. The van der Waals surface area contributed by atoms with Gasteiger partial charge in [0.1, 0.15) is 5.75 Å². The van der Waals surface area contributed by atoms with Gasteiger partial charge in [-0.1, -0.05) is 32.0 Å². The number of methoxy groups -OCH3 is 1. The molecule has 0 fully saturated rings. The summed E-state index contributed by atoms with van der Waals surface area (Å²) >= 11 is 0. The minimum Gasteiger partial charge on any atom is -0.497 e. The van der Waals surface area contributed by atoms with E-state index in [0.717, 1.165) is 23.3 Å². The third kappa shape index (κ3) is 3.08. The molecule has 1 aromatic carbocycles. The molecule has 0 aliphatic carbocycles. The number of benzene rings is 1. The molecule has 0 saturated carbocycles. The number of aromatic nitrogens is 1. The third-order valence-corrected chi connectivity index (χ3v) is 4.20. The van der Waals surface area contributed by atoms with Gasteiger partial charge in [-0.15, -0.1) is 0 Å². The zero-order valence-electron chi connectivity index (χ0n) is 12.9. The van der Waals surface area contributed by atoms with E-state index in [2.05, 4.69) is 11.9 Å². The summed E-state index contributed by atoms with van der Waals surface area (Å²) in [6.07, 6.45) is 4.98. The van der Waals surface area contributed by atoms with Crippen molar-refractivity contribution >= 4 is 0 Å². The first-order valence-electron chi connectivity index (χ1n) is 7.42. The molecular weight excluding hydrogens is 262 g/mol. The van der Waals surface area contributed by atoms with Gasteiger partial charge in [0.2, 0.25) is 0 Å². The maximum absolute atomic E-state index is 11.3. The van der Waals surface area contributed by atoms with Gasteiger partial charge >= 0.3 is 0 Å². The highest BCUT2D eigenvalue weighted by atomic mass is 16.5. The first-order chi connectivity index (χ1) is 10.2. The maximum atomic E-state index is 11.3.